The summed E-state index contributed by atoms with van der Waals surface area (Å²) in [6, 6.07) is 14.5. The van der Waals surface area contributed by atoms with Crippen LogP contribution in [0.15, 0.2) is 48.8 Å². The van der Waals surface area contributed by atoms with Crippen LogP contribution < -0.4 is 0 Å². The SMILES string of the molecule is Cn1cnnc1-c1cccc2ccccc12. The molecule has 3 aromatic rings. The zero-order valence-corrected chi connectivity index (χ0v) is 8.96. The Labute approximate surface area is 93.4 Å². The number of hydrogen-bond acceptors (Lipinski definition) is 2. The molecule has 0 fully saturated rings. The Morgan fingerprint density at radius 1 is 1.00 bits per heavy atom. The van der Waals surface area contributed by atoms with Gasteiger partial charge in [-0.3, -0.25) is 0 Å². The fourth-order valence-corrected chi connectivity index (χ4v) is 1.95. The second-order valence-electron chi connectivity index (χ2n) is 3.79. The third kappa shape index (κ3) is 1.29. The van der Waals surface area contributed by atoms with Crippen LogP contribution in [0.1, 0.15) is 0 Å². The maximum atomic E-state index is 4.15. The lowest BCUT2D eigenvalue weighted by molar-refractivity contribution is 0.921. The van der Waals surface area contributed by atoms with Gasteiger partial charge >= 0.3 is 0 Å². The first-order valence-corrected chi connectivity index (χ1v) is 5.18. The third-order valence-electron chi connectivity index (χ3n) is 2.74. The van der Waals surface area contributed by atoms with Gasteiger partial charge in [-0.25, -0.2) is 0 Å². The molecule has 0 aliphatic carbocycles. The monoisotopic (exact) mass is 209 g/mol. The molecule has 0 amide bonds. The molecular weight excluding hydrogens is 198 g/mol. The maximum absolute atomic E-state index is 4.15. The molecule has 0 atom stereocenters. The van der Waals surface area contributed by atoms with Crippen molar-refractivity contribution in [1.82, 2.24) is 14.8 Å². The average Bonchev–Trinajstić information content (AvgIpc) is 2.75. The number of fused-ring (bicyclic) bond motifs is 1. The molecule has 0 saturated carbocycles. The fraction of sp³-hybridized carbons (Fsp3) is 0.0769. The number of rotatable bonds is 1. The molecule has 0 aliphatic heterocycles. The third-order valence-corrected chi connectivity index (χ3v) is 2.74. The molecule has 2 aromatic carbocycles. The molecule has 3 rings (SSSR count). The van der Waals surface area contributed by atoms with Crippen LogP contribution in [0.3, 0.4) is 0 Å². The van der Waals surface area contributed by atoms with Crippen LogP contribution in [0.4, 0.5) is 0 Å². The van der Waals surface area contributed by atoms with E-state index in [-0.39, 0.29) is 0 Å². The van der Waals surface area contributed by atoms with E-state index in [4.69, 9.17) is 0 Å². The summed E-state index contributed by atoms with van der Waals surface area (Å²) in [4.78, 5) is 0. The first-order chi connectivity index (χ1) is 7.86. The van der Waals surface area contributed by atoms with Gasteiger partial charge in [0.1, 0.15) is 6.33 Å². The number of benzene rings is 2. The van der Waals surface area contributed by atoms with E-state index in [9.17, 15) is 0 Å². The van der Waals surface area contributed by atoms with Crippen molar-refractivity contribution < 1.29 is 0 Å². The first-order valence-electron chi connectivity index (χ1n) is 5.18. The van der Waals surface area contributed by atoms with Gasteiger partial charge in [-0.2, -0.15) is 0 Å². The van der Waals surface area contributed by atoms with Crippen LogP contribution in [0.2, 0.25) is 0 Å². The maximum Gasteiger partial charge on any atom is 0.164 e. The van der Waals surface area contributed by atoms with Crippen LogP contribution in [0.5, 0.6) is 0 Å². The number of nitrogens with zero attached hydrogens (tertiary/aromatic N) is 3. The molecule has 1 aromatic heterocycles. The molecule has 0 aliphatic rings. The highest BCUT2D eigenvalue weighted by molar-refractivity contribution is 5.94. The van der Waals surface area contributed by atoms with Crippen molar-refractivity contribution in [3.8, 4) is 11.4 Å². The number of aromatic nitrogens is 3. The zero-order chi connectivity index (χ0) is 11.0. The summed E-state index contributed by atoms with van der Waals surface area (Å²) in [6.45, 7) is 0. The average molecular weight is 209 g/mol. The van der Waals surface area contributed by atoms with Crippen LogP contribution in [-0.4, -0.2) is 14.8 Å². The molecule has 0 radical (unpaired) electrons. The molecule has 0 bridgehead atoms. The zero-order valence-electron chi connectivity index (χ0n) is 8.96. The molecule has 1 heterocycles. The van der Waals surface area contributed by atoms with E-state index in [0.717, 1.165) is 11.4 Å². The van der Waals surface area contributed by atoms with Crippen molar-refractivity contribution in [1.29, 1.82) is 0 Å². The van der Waals surface area contributed by atoms with E-state index < -0.39 is 0 Å². The molecule has 3 heteroatoms. The van der Waals surface area contributed by atoms with E-state index >= 15 is 0 Å². The summed E-state index contributed by atoms with van der Waals surface area (Å²) in [7, 11) is 1.96. The summed E-state index contributed by atoms with van der Waals surface area (Å²) >= 11 is 0. The Bertz CT molecular complexity index is 635. The van der Waals surface area contributed by atoms with Gasteiger partial charge in [0.25, 0.3) is 0 Å². The van der Waals surface area contributed by atoms with Crippen molar-refractivity contribution in [2.45, 2.75) is 0 Å². The van der Waals surface area contributed by atoms with Crippen molar-refractivity contribution in [3.05, 3.63) is 48.8 Å². The van der Waals surface area contributed by atoms with Crippen LogP contribution >= 0.6 is 0 Å². The van der Waals surface area contributed by atoms with E-state index in [1.54, 1.807) is 6.33 Å². The van der Waals surface area contributed by atoms with Gasteiger partial charge in [-0.1, -0.05) is 42.5 Å². The Morgan fingerprint density at radius 2 is 1.81 bits per heavy atom. The van der Waals surface area contributed by atoms with Gasteiger partial charge in [0, 0.05) is 12.6 Å². The summed E-state index contributed by atoms with van der Waals surface area (Å²) in [5.41, 5.74) is 1.12. The van der Waals surface area contributed by atoms with E-state index in [1.165, 1.54) is 10.8 Å². The second-order valence-corrected chi connectivity index (χ2v) is 3.79. The van der Waals surface area contributed by atoms with Gasteiger partial charge in [0.05, 0.1) is 0 Å². The number of hydrogen-bond donors (Lipinski definition) is 0. The fourth-order valence-electron chi connectivity index (χ4n) is 1.95. The van der Waals surface area contributed by atoms with Crippen molar-refractivity contribution in [2.24, 2.45) is 7.05 Å². The van der Waals surface area contributed by atoms with Gasteiger partial charge < -0.3 is 4.57 Å². The highest BCUT2D eigenvalue weighted by Crippen LogP contribution is 2.26. The Kier molecular flexibility index (Phi) is 1.96. The molecule has 0 spiro atoms. The summed E-state index contributed by atoms with van der Waals surface area (Å²) in [6.07, 6.45) is 1.72. The van der Waals surface area contributed by atoms with Crippen LogP contribution in [0.25, 0.3) is 22.2 Å². The summed E-state index contributed by atoms with van der Waals surface area (Å²) in [5, 5.41) is 10.5. The quantitative estimate of drug-likeness (QED) is 0.616. The Hall–Kier alpha value is -2.16. The predicted octanol–water partition coefficient (Wildman–Crippen LogP) is 2.64. The van der Waals surface area contributed by atoms with Crippen molar-refractivity contribution >= 4 is 10.8 Å². The standard InChI is InChI=1S/C13H11N3/c1-16-9-14-15-13(16)12-8-4-6-10-5-2-3-7-11(10)12/h2-9H,1H3. The van der Waals surface area contributed by atoms with Gasteiger partial charge in [0.15, 0.2) is 5.82 Å². The van der Waals surface area contributed by atoms with E-state index in [0.29, 0.717) is 0 Å². The topological polar surface area (TPSA) is 30.7 Å². The predicted molar refractivity (Wildman–Crippen MR) is 63.9 cm³/mol. The van der Waals surface area contributed by atoms with E-state index in [2.05, 4.69) is 34.5 Å². The van der Waals surface area contributed by atoms with Gasteiger partial charge in [0.2, 0.25) is 0 Å². The molecule has 78 valence electrons. The molecule has 16 heavy (non-hydrogen) atoms. The lowest BCUT2D eigenvalue weighted by Crippen LogP contribution is -1.91. The minimum Gasteiger partial charge on any atom is -0.317 e. The van der Waals surface area contributed by atoms with Gasteiger partial charge in [-0.15, -0.1) is 10.2 Å². The number of aryl methyl sites for hydroxylation is 1. The van der Waals surface area contributed by atoms with Crippen LogP contribution in [-0.2, 0) is 7.05 Å². The molecule has 0 saturated heterocycles. The first kappa shape index (κ1) is 9.09. The lowest BCUT2D eigenvalue weighted by atomic mass is 10.0. The minimum absolute atomic E-state index is 0.900. The Morgan fingerprint density at radius 3 is 2.62 bits per heavy atom. The van der Waals surface area contributed by atoms with Crippen molar-refractivity contribution in [2.75, 3.05) is 0 Å². The molecule has 3 nitrogen and oxygen atoms in total. The largest absolute Gasteiger partial charge is 0.317 e. The van der Waals surface area contributed by atoms with Gasteiger partial charge in [-0.05, 0) is 10.8 Å². The minimum atomic E-state index is 0.900. The smallest absolute Gasteiger partial charge is 0.164 e. The Balaban J connectivity index is 2.36. The molecule has 0 unspecified atom stereocenters. The second kappa shape index (κ2) is 3.45. The van der Waals surface area contributed by atoms with Crippen LogP contribution in [0, 0.1) is 0 Å². The normalized spacial score (nSPS) is 10.8. The lowest BCUT2D eigenvalue weighted by Gasteiger charge is -2.05. The summed E-state index contributed by atoms with van der Waals surface area (Å²) < 4.78 is 1.93. The highest BCUT2D eigenvalue weighted by atomic mass is 15.2. The highest BCUT2D eigenvalue weighted by Gasteiger charge is 2.07. The molecule has 0 N–H and O–H groups in total. The van der Waals surface area contributed by atoms with Crippen molar-refractivity contribution in [3.63, 3.8) is 0 Å². The summed E-state index contributed by atoms with van der Waals surface area (Å²) in [5.74, 6) is 0.900. The van der Waals surface area contributed by atoms with E-state index in [1.807, 2.05) is 29.8 Å². The molecular formula is C13H11N3.